The summed E-state index contributed by atoms with van der Waals surface area (Å²) in [5, 5.41) is 13.2. The minimum Gasteiger partial charge on any atom is -0.391 e. The molecule has 5 rings (SSSR count). The van der Waals surface area contributed by atoms with Gasteiger partial charge in [-0.15, -0.1) is 0 Å². The molecule has 3 aliphatic rings. The SMILES string of the molecule is CC1(C)CCC(C)(C)c2cc(-c3cccc(N4CCN(C(=O)[C@H]5NCC[C@@H]5O)CC4)n3)ccc21. The molecular formula is C28H38N4O2. The molecule has 2 aromatic rings. The molecule has 1 amide bonds. The highest BCUT2D eigenvalue weighted by molar-refractivity contribution is 5.83. The highest BCUT2D eigenvalue weighted by atomic mass is 16.3. The lowest BCUT2D eigenvalue weighted by Crippen LogP contribution is -2.55. The Morgan fingerprint density at radius 3 is 2.38 bits per heavy atom. The number of hydrogen-bond donors (Lipinski definition) is 2. The van der Waals surface area contributed by atoms with Gasteiger partial charge in [0.05, 0.1) is 11.8 Å². The summed E-state index contributed by atoms with van der Waals surface area (Å²) >= 11 is 0. The lowest BCUT2D eigenvalue weighted by Gasteiger charge is -2.42. The van der Waals surface area contributed by atoms with Gasteiger partial charge in [-0.05, 0) is 66.0 Å². The number of pyridine rings is 1. The molecule has 0 spiro atoms. The molecular weight excluding hydrogens is 424 g/mol. The smallest absolute Gasteiger partial charge is 0.242 e. The summed E-state index contributed by atoms with van der Waals surface area (Å²) in [5.74, 6) is 0.979. The number of rotatable bonds is 3. The van der Waals surface area contributed by atoms with E-state index in [0.717, 1.165) is 24.6 Å². The van der Waals surface area contributed by atoms with Crippen LogP contribution < -0.4 is 10.2 Å². The normalized spacial score (nSPS) is 25.8. The summed E-state index contributed by atoms with van der Waals surface area (Å²) in [6.45, 7) is 12.9. The van der Waals surface area contributed by atoms with E-state index in [1.165, 1.54) is 29.5 Å². The van der Waals surface area contributed by atoms with Crippen LogP contribution in [0.25, 0.3) is 11.3 Å². The minimum atomic E-state index is -0.573. The molecule has 3 heterocycles. The van der Waals surface area contributed by atoms with Gasteiger partial charge >= 0.3 is 0 Å². The van der Waals surface area contributed by atoms with Crippen molar-refractivity contribution >= 4 is 11.7 Å². The number of anilines is 1. The zero-order chi connectivity index (χ0) is 24.1. The summed E-state index contributed by atoms with van der Waals surface area (Å²) in [5.41, 5.74) is 5.45. The number of carbonyl (C=O) groups excluding carboxylic acids is 1. The Labute approximate surface area is 203 Å². The van der Waals surface area contributed by atoms with Crippen molar-refractivity contribution in [1.82, 2.24) is 15.2 Å². The Bertz CT molecular complexity index is 1070. The van der Waals surface area contributed by atoms with Gasteiger partial charge in [-0.2, -0.15) is 0 Å². The van der Waals surface area contributed by atoms with Crippen molar-refractivity contribution in [2.75, 3.05) is 37.6 Å². The largest absolute Gasteiger partial charge is 0.391 e. The number of piperazine rings is 1. The molecule has 0 radical (unpaired) electrons. The van der Waals surface area contributed by atoms with Crippen molar-refractivity contribution in [2.45, 2.75) is 69.9 Å². The summed E-state index contributed by atoms with van der Waals surface area (Å²) < 4.78 is 0. The number of carbonyl (C=O) groups is 1. The van der Waals surface area contributed by atoms with Crippen LogP contribution >= 0.6 is 0 Å². The van der Waals surface area contributed by atoms with Crippen molar-refractivity contribution in [1.29, 1.82) is 0 Å². The van der Waals surface area contributed by atoms with Crippen molar-refractivity contribution in [3.05, 3.63) is 47.5 Å². The molecule has 182 valence electrons. The molecule has 0 bridgehead atoms. The third kappa shape index (κ3) is 4.22. The minimum absolute atomic E-state index is 0.0194. The number of fused-ring (bicyclic) bond motifs is 1. The average molecular weight is 463 g/mol. The lowest BCUT2D eigenvalue weighted by atomic mass is 9.63. The number of aliphatic hydroxyl groups is 1. The Morgan fingerprint density at radius 1 is 1.00 bits per heavy atom. The lowest BCUT2D eigenvalue weighted by molar-refractivity contribution is -0.135. The first kappa shape index (κ1) is 23.3. The second-order valence-electron chi connectivity index (χ2n) is 11.5. The first-order valence-electron chi connectivity index (χ1n) is 12.7. The summed E-state index contributed by atoms with van der Waals surface area (Å²) in [7, 11) is 0. The fourth-order valence-electron chi connectivity index (χ4n) is 5.80. The first-order chi connectivity index (χ1) is 16.2. The number of hydrogen-bond acceptors (Lipinski definition) is 5. The molecule has 6 nitrogen and oxygen atoms in total. The number of amides is 1. The molecule has 0 unspecified atom stereocenters. The predicted molar refractivity (Wildman–Crippen MR) is 136 cm³/mol. The average Bonchev–Trinajstić information content (AvgIpc) is 3.27. The highest BCUT2D eigenvalue weighted by Crippen LogP contribution is 2.46. The number of nitrogens with one attached hydrogen (secondary N) is 1. The zero-order valence-corrected chi connectivity index (χ0v) is 21.0. The summed E-state index contributed by atoms with van der Waals surface area (Å²) in [6.07, 6.45) is 2.48. The molecule has 0 saturated carbocycles. The third-order valence-corrected chi connectivity index (χ3v) is 8.25. The van der Waals surface area contributed by atoms with Crippen LogP contribution in [0, 0.1) is 0 Å². The van der Waals surface area contributed by atoms with Crippen LogP contribution in [-0.2, 0) is 15.6 Å². The molecule has 1 aromatic heterocycles. The number of benzene rings is 1. The van der Waals surface area contributed by atoms with Gasteiger partial charge in [0.2, 0.25) is 5.91 Å². The van der Waals surface area contributed by atoms with Crippen molar-refractivity contribution in [2.24, 2.45) is 0 Å². The Balaban J connectivity index is 1.33. The van der Waals surface area contributed by atoms with Crippen LogP contribution in [0.2, 0.25) is 0 Å². The van der Waals surface area contributed by atoms with E-state index in [4.69, 9.17) is 4.98 Å². The maximum absolute atomic E-state index is 12.8. The third-order valence-electron chi connectivity index (χ3n) is 8.25. The topological polar surface area (TPSA) is 68.7 Å². The van der Waals surface area contributed by atoms with Gasteiger partial charge in [0.1, 0.15) is 11.9 Å². The van der Waals surface area contributed by atoms with Crippen LogP contribution in [-0.4, -0.2) is 65.8 Å². The fraction of sp³-hybridized carbons (Fsp3) is 0.571. The van der Waals surface area contributed by atoms with Crippen LogP contribution in [0.15, 0.2) is 36.4 Å². The second kappa shape index (κ2) is 8.65. The molecule has 2 saturated heterocycles. The van der Waals surface area contributed by atoms with Gasteiger partial charge in [0, 0.05) is 31.7 Å². The molecule has 2 aliphatic heterocycles. The Kier molecular flexibility index (Phi) is 5.93. The van der Waals surface area contributed by atoms with Gasteiger partial charge in [0.15, 0.2) is 0 Å². The van der Waals surface area contributed by atoms with E-state index in [-0.39, 0.29) is 16.7 Å². The van der Waals surface area contributed by atoms with E-state index in [2.05, 4.69) is 74.3 Å². The molecule has 1 aromatic carbocycles. The highest BCUT2D eigenvalue weighted by Gasteiger charge is 2.37. The first-order valence-corrected chi connectivity index (χ1v) is 12.7. The predicted octanol–water partition coefficient (Wildman–Crippen LogP) is 3.47. The van der Waals surface area contributed by atoms with Crippen LogP contribution in [0.4, 0.5) is 5.82 Å². The van der Waals surface area contributed by atoms with Gasteiger partial charge in [-0.1, -0.05) is 45.9 Å². The number of nitrogens with zero attached hydrogens (tertiary/aromatic N) is 3. The van der Waals surface area contributed by atoms with Crippen molar-refractivity contribution in [3.63, 3.8) is 0 Å². The van der Waals surface area contributed by atoms with E-state index in [1.54, 1.807) is 0 Å². The number of aromatic nitrogens is 1. The molecule has 6 heteroatoms. The summed E-state index contributed by atoms with van der Waals surface area (Å²) in [6, 6.07) is 12.7. The Hall–Kier alpha value is -2.44. The molecule has 2 atom stereocenters. The molecule has 2 N–H and O–H groups in total. The fourth-order valence-corrected chi connectivity index (χ4v) is 5.80. The van der Waals surface area contributed by atoms with E-state index in [0.29, 0.717) is 26.1 Å². The Morgan fingerprint density at radius 2 is 1.71 bits per heavy atom. The van der Waals surface area contributed by atoms with Crippen LogP contribution in [0.3, 0.4) is 0 Å². The van der Waals surface area contributed by atoms with Crippen LogP contribution in [0.5, 0.6) is 0 Å². The monoisotopic (exact) mass is 462 g/mol. The van der Waals surface area contributed by atoms with Gasteiger partial charge < -0.3 is 20.2 Å². The van der Waals surface area contributed by atoms with E-state index in [1.807, 2.05) is 4.90 Å². The maximum Gasteiger partial charge on any atom is 0.242 e. The molecule has 1 aliphatic carbocycles. The standard InChI is InChI=1S/C28H38N4O2/c1-27(2)11-12-28(3,4)21-18-19(8-9-20(21)27)22-6-5-7-24(30-22)31-14-16-32(17-15-31)26(34)25-23(33)10-13-29-25/h5-9,18,23,25,29,33H,10-17H2,1-4H3/t23-,25-/m0/s1. The van der Waals surface area contributed by atoms with Gasteiger partial charge in [-0.3, -0.25) is 4.79 Å². The quantitative estimate of drug-likeness (QED) is 0.731. The van der Waals surface area contributed by atoms with E-state index >= 15 is 0 Å². The van der Waals surface area contributed by atoms with Gasteiger partial charge in [-0.25, -0.2) is 4.98 Å². The van der Waals surface area contributed by atoms with Gasteiger partial charge in [0.25, 0.3) is 0 Å². The zero-order valence-electron chi connectivity index (χ0n) is 21.0. The van der Waals surface area contributed by atoms with E-state index < -0.39 is 12.1 Å². The van der Waals surface area contributed by atoms with E-state index in [9.17, 15) is 9.90 Å². The number of aliphatic hydroxyl groups excluding tert-OH is 1. The van der Waals surface area contributed by atoms with Crippen molar-refractivity contribution in [3.8, 4) is 11.3 Å². The van der Waals surface area contributed by atoms with Crippen molar-refractivity contribution < 1.29 is 9.90 Å². The van der Waals surface area contributed by atoms with Crippen LogP contribution in [0.1, 0.15) is 58.1 Å². The molecule has 34 heavy (non-hydrogen) atoms. The second-order valence-corrected chi connectivity index (χ2v) is 11.5. The molecule has 2 fully saturated rings. The maximum atomic E-state index is 12.8. The summed E-state index contributed by atoms with van der Waals surface area (Å²) in [4.78, 5) is 21.9.